The average molecular weight is 266 g/mol. The highest BCUT2D eigenvalue weighted by Crippen LogP contribution is 2.13. The molecule has 0 unspecified atom stereocenters. The Kier molecular flexibility index (Phi) is 4.73. The van der Waals surface area contributed by atoms with Gasteiger partial charge in [0.2, 0.25) is 11.9 Å². The Morgan fingerprint density at radius 1 is 1.26 bits per heavy atom. The van der Waals surface area contributed by atoms with Crippen molar-refractivity contribution in [3.63, 3.8) is 0 Å². The number of hydrogen-bond acceptors (Lipinski definition) is 7. The largest absolute Gasteiger partial charge is 0.464 e. The summed E-state index contributed by atoms with van der Waals surface area (Å²) in [7, 11) is 1.96. The van der Waals surface area contributed by atoms with E-state index >= 15 is 0 Å². The third-order valence-electron chi connectivity index (χ3n) is 3.19. The van der Waals surface area contributed by atoms with Crippen LogP contribution in [0.4, 0.5) is 11.9 Å². The van der Waals surface area contributed by atoms with E-state index in [-0.39, 0.29) is 12.0 Å². The second-order valence-electron chi connectivity index (χ2n) is 4.68. The first-order valence-electron chi connectivity index (χ1n) is 6.77. The van der Waals surface area contributed by atoms with Crippen LogP contribution in [0.1, 0.15) is 19.8 Å². The number of aromatic nitrogens is 3. The maximum atomic E-state index is 5.67. The minimum absolute atomic E-state index is 0.196. The van der Waals surface area contributed by atoms with Crippen LogP contribution in [-0.4, -0.2) is 59.7 Å². The van der Waals surface area contributed by atoms with Gasteiger partial charge in [0.15, 0.2) is 0 Å². The van der Waals surface area contributed by atoms with E-state index in [0.29, 0.717) is 12.6 Å². The second-order valence-corrected chi connectivity index (χ2v) is 4.68. The number of nitrogen functional groups attached to an aromatic ring is 1. The maximum Gasteiger partial charge on any atom is 0.323 e. The molecule has 0 aromatic carbocycles. The first-order chi connectivity index (χ1) is 9.19. The van der Waals surface area contributed by atoms with Crippen LogP contribution in [0.2, 0.25) is 0 Å². The van der Waals surface area contributed by atoms with Crippen molar-refractivity contribution in [1.29, 1.82) is 0 Å². The summed E-state index contributed by atoms with van der Waals surface area (Å²) in [5.74, 6) is 0.761. The zero-order valence-electron chi connectivity index (χ0n) is 11.7. The summed E-state index contributed by atoms with van der Waals surface area (Å²) in [4.78, 5) is 16.8. The number of likely N-dealkylation sites (tertiary alicyclic amines) is 1. The molecule has 1 aromatic rings. The van der Waals surface area contributed by atoms with Gasteiger partial charge in [0.1, 0.15) is 0 Å². The molecule has 0 bridgehead atoms. The highest BCUT2D eigenvalue weighted by Gasteiger charge is 2.14. The Morgan fingerprint density at radius 2 is 2.00 bits per heavy atom. The van der Waals surface area contributed by atoms with Gasteiger partial charge in [-0.1, -0.05) is 0 Å². The molecule has 19 heavy (non-hydrogen) atoms. The van der Waals surface area contributed by atoms with Gasteiger partial charge in [0, 0.05) is 20.1 Å². The molecule has 0 radical (unpaired) electrons. The molecule has 1 aliphatic heterocycles. The van der Waals surface area contributed by atoms with Gasteiger partial charge >= 0.3 is 6.01 Å². The average Bonchev–Trinajstić information content (AvgIpc) is 2.88. The van der Waals surface area contributed by atoms with E-state index in [1.807, 2.05) is 18.9 Å². The molecule has 1 saturated heterocycles. The molecule has 1 aromatic heterocycles. The summed E-state index contributed by atoms with van der Waals surface area (Å²) >= 11 is 0. The molecule has 106 valence electrons. The lowest BCUT2D eigenvalue weighted by Crippen LogP contribution is -2.32. The summed E-state index contributed by atoms with van der Waals surface area (Å²) in [5, 5.41) is 0. The van der Waals surface area contributed by atoms with Gasteiger partial charge in [-0.2, -0.15) is 15.0 Å². The summed E-state index contributed by atoms with van der Waals surface area (Å²) in [6, 6.07) is 0.290. The summed E-state index contributed by atoms with van der Waals surface area (Å²) in [5.41, 5.74) is 5.67. The van der Waals surface area contributed by atoms with Crippen LogP contribution in [0.15, 0.2) is 0 Å². The summed E-state index contributed by atoms with van der Waals surface area (Å²) in [6.07, 6.45) is 2.60. The minimum Gasteiger partial charge on any atom is -0.464 e. The van der Waals surface area contributed by atoms with Crippen LogP contribution in [-0.2, 0) is 0 Å². The predicted octanol–water partition coefficient (Wildman–Crippen LogP) is 0.385. The molecule has 0 atom stereocenters. The van der Waals surface area contributed by atoms with Gasteiger partial charge in [-0.3, -0.25) is 0 Å². The van der Waals surface area contributed by atoms with Gasteiger partial charge in [-0.25, -0.2) is 0 Å². The highest BCUT2D eigenvalue weighted by molar-refractivity contribution is 5.34. The Morgan fingerprint density at radius 3 is 2.68 bits per heavy atom. The van der Waals surface area contributed by atoms with Crippen molar-refractivity contribution in [2.45, 2.75) is 19.8 Å². The van der Waals surface area contributed by atoms with E-state index in [1.165, 1.54) is 25.9 Å². The third kappa shape index (κ3) is 3.92. The van der Waals surface area contributed by atoms with Crippen molar-refractivity contribution in [3.8, 4) is 6.01 Å². The van der Waals surface area contributed by atoms with Crippen LogP contribution in [0.25, 0.3) is 0 Å². The topological polar surface area (TPSA) is 80.4 Å². The molecule has 2 N–H and O–H groups in total. The van der Waals surface area contributed by atoms with Crippen molar-refractivity contribution >= 4 is 11.9 Å². The number of rotatable bonds is 6. The molecule has 7 heteroatoms. The van der Waals surface area contributed by atoms with Crippen molar-refractivity contribution in [3.05, 3.63) is 0 Å². The number of anilines is 2. The molecule has 0 amide bonds. The summed E-state index contributed by atoms with van der Waals surface area (Å²) < 4.78 is 5.28. The standard InChI is InChI=1S/C12H22N6O/c1-3-19-12-15-10(13)14-11(16-12)17(2)8-9-18-6-4-5-7-18/h3-9H2,1-2H3,(H2,13,14,15,16). The molecule has 2 heterocycles. The van der Waals surface area contributed by atoms with Gasteiger partial charge in [0.25, 0.3) is 0 Å². The zero-order chi connectivity index (χ0) is 13.7. The fourth-order valence-corrected chi connectivity index (χ4v) is 2.12. The SMILES string of the molecule is CCOc1nc(N)nc(N(C)CCN2CCCC2)n1. The molecule has 7 nitrogen and oxygen atoms in total. The number of nitrogens with zero attached hydrogens (tertiary/aromatic N) is 5. The Balaban J connectivity index is 1.94. The minimum atomic E-state index is 0.196. The first kappa shape index (κ1) is 13.8. The van der Waals surface area contributed by atoms with Gasteiger partial charge in [-0.05, 0) is 32.9 Å². The Labute approximate surface area is 113 Å². The van der Waals surface area contributed by atoms with Crippen molar-refractivity contribution in [1.82, 2.24) is 19.9 Å². The van der Waals surface area contributed by atoms with Crippen molar-refractivity contribution < 1.29 is 4.74 Å². The molecule has 1 fully saturated rings. The number of hydrogen-bond donors (Lipinski definition) is 1. The smallest absolute Gasteiger partial charge is 0.323 e. The van der Waals surface area contributed by atoms with Gasteiger partial charge in [0.05, 0.1) is 6.61 Å². The van der Waals surface area contributed by atoms with Crippen molar-refractivity contribution in [2.75, 3.05) is 50.5 Å². The molecule has 0 spiro atoms. The molecule has 0 aliphatic carbocycles. The third-order valence-corrected chi connectivity index (χ3v) is 3.19. The lowest BCUT2D eigenvalue weighted by Gasteiger charge is -2.21. The molecular formula is C12H22N6O. The quantitative estimate of drug-likeness (QED) is 0.797. The van der Waals surface area contributed by atoms with E-state index in [2.05, 4.69) is 19.9 Å². The number of nitrogens with two attached hydrogens (primary N) is 1. The second kappa shape index (κ2) is 6.51. The number of ether oxygens (including phenoxy) is 1. The molecule has 0 saturated carbocycles. The van der Waals surface area contributed by atoms with E-state index in [0.717, 1.165) is 13.1 Å². The fraction of sp³-hybridized carbons (Fsp3) is 0.750. The number of likely N-dealkylation sites (N-methyl/N-ethyl adjacent to an activating group) is 1. The Bertz CT molecular complexity index is 407. The van der Waals surface area contributed by atoms with Gasteiger partial charge in [-0.15, -0.1) is 0 Å². The van der Waals surface area contributed by atoms with Gasteiger partial charge < -0.3 is 20.3 Å². The maximum absolute atomic E-state index is 5.67. The van der Waals surface area contributed by atoms with Crippen LogP contribution < -0.4 is 15.4 Å². The lowest BCUT2D eigenvalue weighted by atomic mass is 10.4. The highest BCUT2D eigenvalue weighted by atomic mass is 16.5. The molecular weight excluding hydrogens is 244 g/mol. The normalized spacial score (nSPS) is 15.7. The lowest BCUT2D eigenvalue weighted by molar-refractivity contribution is 0.311. The van der Waals surface area contributed by atoms with Crippen LogP contribution in [0.5, 0.6) is 6.01 Å². The van der Waals surface area contributed by atoms with Crippen LogP contribution in [0.3, 0.4) is 0 Å². The van der Waals surface area contributed by atoms with Crippen molar-refractivity contribution in [2.24, 2.45) is 0 Å². The molecule has 2 rings (SSSR count). The Hall–Kier alpha value is -1.63. The van der Waals surface area contributed by atoms with E-state index < -0.39 is 0 Å². The monoisotopic (exact) mass is 266 g/mol. The van der Waals surface area contributed by atoms with E-state index in [1.54, 1.807) is 0 Å². The zero-order valence-corrected chi connectivity index (χ0v) is 11.7. The molecule has 1 aliphatic rings. The summed E-state index contributed by atoms with van der Waals surface area (Å²) in [6.45, 7) is 6.67. The fourth-order valence-electron chi connectivity index (χ4n) is 2.12. The van der Waals surface area contributed by atoms with E-state index in [9.17, 15) is 0 Å². The first-order valence-corrected chi connectivity index (χ1v) is 6.77. The van der Waals surface area contributed by atoms with Crippen LogP contribution >= 0.6 is 0 Å². The predicted molar refractivity (Wildman–Crippen MR) is 74.4 cm³/mol. The van der Waals surface area contributed by atoms with Crippen LogP contribution in [0, 0.1) is 0 Å². The van der Waals surface area contributed by atoms with E-state index in [4.69, 9.17) is 10.5 Å².